The van der Waals surface area contributed by atoms with Crippen LogP contribution in [0.5, 0.6) is 5.75 Å². The predicted molar refractivity (Wildman–Crippen MR) is 58.6 cm³/mol. The highest BCUT2D eigenvalue weighted by Gasteiger charge is 2.11. The van der Waals surface area contributed by atoms with Crippen molar-refractivity contribution in [3.05, 3.63) is 24.0 Å². The van der Waals surface area contributed by atoms with Crippen LogP contribution >= 0.6 is 11.8 Å². The van der Waals surface area contributed by atoms with Crippen molar-refractivity contribution in [3.63, 3.8) is 0 Å². The molecule has 2 N–H and O–H groups in total. The number of thioether (sulfide) groups is 1. The van der Waals surface area contributed by atoms with Gasteiger partial charge >= 0.3 is 6.09 Å². The average molecular weight is 226 g/mol. The van der Waals surface area contributed by atoms with Crippen molar-refractivity contribution >= 4 is 22.9 Å². The van der Waals surface area contributed by atoms with Crippen molar-refractivity contribution in [1.29, 1.82) is 0 Å². The van der Waals surface area contributed by atoms with Gasteiger partial charge in [0, 0.05) is 6.20 Å². The van der Waals surface area contributed by atoms with Crippen LogP contribution in [0.4, 0.5) is 4.79 Å². The van der Waals surface area contributed by atoms with E-state index in [-0.39, 0.29) is 16.5 Å². The van der Waals surface area contributed by atoms with Gasteiger partial charge in [0.25, 0.3) is 0 Å². The first kappa shape index (κ1) is 11.5. The summed E-state index contributed by atoms with van der Waals surface area (Å²) in [5.41, 5.74) is 0.201. The lowest BCUT2D eigenvalue weighted by atomic mass is 10.3. The minimum Gasteiger partial charge on any atom is -0.506 e. The van der Waals surface area contributed by atoms with Crippen molar-refractivity contribution in [2.45, 2.75) is 6.92 Å². The van der Waals surface area contributed by atoms with Crippen LogP contribution in [0.1, 0.15) is 12.6 Å². The quantitative estimate of drug-likeness (QED) is 0.595. The maximum absolute atomic E-state index is 10.5. The number of carbonyl (C=O) groups is 1. The molecule has 1 aromatic heterocycles. The molecule has 15 heavy (non-hydrogen) atoms. The first-order chi connectivity index (χ1) is 7.15. The van der Waals surface area contributed by atoms with E-state index in [9.17, 15) is 9.90 Å². The van der Waals surface area contributed by atoms with E-state index in [0.717, 1.165) is 0 Å². The SMILES string of the molecule is CCS/C(=N\C(=O)O)c1ncccc1O. The highest BCUT2D eigenvalue weighted by Crippen LogP contribution is 2.20. The molecule has 80 valence electrons. The van der Waals surface area contributed by atoms with Gasteiger partial charge in [-0.2, -0.15) is 4.99 Å². The van der Waals surface area contributed by atoms with Crippen LogP contribution in [0.25, 0.3) is 0 Å². The Balaban J connectivity index is 3.10. The maximum atomic E-state index is 10.5. The van der Waals surface area contributed by atoms with Crippen LogP contribution in [0.15, 0.2) is 23.3 Å². The van der Waals surface area contributed by atoms with Gasteiger partial charge in [-0.1, -0.05) is 6.92 Å². The molecule has 0 atom stereocenters. The van der Waals surface area contributed by atoms with Crippen molar-refractivity contribution in [1.82, 2.24) is 4.98 Å². The molecule has 6 heteroatoms. The summed E-state index contributed by atoms with van der Waals surface area (Å²) in [6.45, 7) is 1.86. The Hall–Kier alpha value is -1.56. The topological polar surface area (TPSA) is 82.8 Å². The molecule has 0 saturated heterocycles. The van der Waals surface area contributed by atoms with Gasteiger partial charge < -0.3 is 10.2 Å². The van der Waals surface area contributed by atoms with E-state index in [1.807, 2.05) is 6.92 Å². The van der Waals surface area contributed by atoms with Crippen LogP contribution in [0, 0.1) is 0 Å². The number of hydrogen-bond donors (Lipinski definition) is 2. The number of aliphatic imine (C=N–C) groups is 1. The van der Waals surface area contributed by atoms with Gasteiger partial charge in [0.05, 0.1) is 0 Å². The van der Waals surface area contributed by atoms with Gasteiger partial charge in [0.1, 0.15) is 16.5 Å². The number of amides is 1. The zero-order valence-electron chi connectivity index (χ0n) is 8.04. The predicted octanol–water partition coefficient (Wildman–Crippen LogP) is 1.96. The highest BCUT2D eigenvalue weighted by atomic mass is 32.2. The zero-order chi connectivity index (χ0) is 11.3. The first-order valence-electron chi connectivity index (χ1n) is 4.24. The van der Waals surface area contributed by atoms with E-state index in [1.54, 1.807) is 6.07 Å². The fraction of sp³-hybridized carbons (Fsp3) is 0.222. The Kier molecular flexibility index (Phi) is 4.11. The Morgan fingerprint density at radius 2 is 2.40 bits per heavy atom. The van der Waals surface area contributed by atoms with Gasteiger partial charge in [-0.05, 0) is 17.9 Å². The molecular weight excluding hydrogens is 216 g/mol. The van der Waals surface area contributed by atoms with Gasteiger partial charge in [-0.15, -0.1) is 11.8 Å². The molecule has 0 spiro atoms. The van der Waals surface area contributed by atoms with Crippen molar-refractivity contribution in [3.8, 4) is 5.75 Å². The normalized spacial score (nSPS) is 11.4. The highest BCUT2D eigenvalue weighted by molar-refractivity contribution is 8.14. The lowest BCUT2D eigenvalue weighted by Gasteiger charge is -2.03. The first-order valence-corrected chi connectivity index (χ1v) is 5.22. The summed E-state index contributed by atoms with van der Waals surface area (Å²) in [5.74, 6) is 0.584. The molecule has 1 rings (SSSR count). The summed E-state index contributed by atoms with van der Waals surface area (Å²) in [5, 5.41) is 18.2. The van der Waals surface area contributed by atoms with E-state index in [4.69, 9.17) is 5.11 Å². The minimum absolute atomic E-state index is 0.0709. The number of aromatic hydroxyl groups is 1. The number of carboxylic acid groups (broad SMARTS) is 1. The Morgan fingerprint density at radius 3 is 2.93 bits per heavy atom. The summed E-state index contributed by atoms with van der Waals surface area (Å²) in [4.78, 5) is 17.7. The van der Waals surface area contributed by atoms with Crippen molar-refractivity contribution in [2.75, 3.05) is 5.75 Å². The summed E-state index contributed by atoms with van der Waals surface area (Å²) in [6, 6.07) is 3.00. The molecule has 1 heterocycles. The molecule has 0 saturated carbocycles. The third kappa shape index (κ3) is 3.25. The molecule has 0 aliphatic rings. The van der Waals surface area contributed by atoms with E-state index >= 15 is 0 Å². The molecule has 0 bridgehead atoms. The standard InChI is InChI=1S/C9H10N2O3S/c1-2-15-8(11-9(13)14)7-6(12)4-3-5-10-7/h3-5,12H,2H2,1H3,(H,13,14)/b11-8-. The second-order valence-corrected chi connectivity index (χ2v) is 3.76. The largest absolute Gasteiger partial charge is 0.506 e. The summed E-state index contributed by atoms with van der Waals surface area (Å²) in [7, 11) is 0. The van der Waals surface area contributed by atoms with Gasteiger partial charge in [-0.3, -0.25) is 4.98 Å². The third-order valence-corrected chi connectivity index (χ3v) is 2.31. The van der Waals surface area contributed by atoms with E-state index < -0.39 is 6.09 Å². The van der Waals surface area contributed by atoms with Crippen LogP contribution in [0.3, 0.4) is 0 Å². The summed E-state index contributed by atoms with van der Waals surface area (Å²) >= 11 is 1.22. The average Bonchev–Trinajstić information content (AvgIpc) is 2.17. The number of pyridine rings is 1. The van der Waals surface area contributed by atoms with E-state index in [2.05, 4.69) is 9.98 Å². The fourth-order valence-corrected chi connectivity index (χ4v) is 1.65. The van der Waals surface area contributed by atoms with E-state index in [1.165, 1.54) is 24.0 Å². The lowest BCUT2D eigenvalue weighted by Crippen LogP contribution is -2.03. The van der Waals surface area contributed by atoms with Crippen molar-refractivity contribution in [2.24, 2.45) is 4.99 Å². The van der Waals surface area contributed by atoms with Crippen LogP contribution < -0.4 is 0 Å². The van der Waals surface area contributed by atoms with Crippen molar-refractivity contribution < 1.29 is 15.0 Å². The molecule has 1 aromatic rings. The Bertz CT molecular complexity index is 393. The molecule has 0 aliphatic heterocycles. The fourth-order valence-electron chi connectivity index (χ4n) is 0.939. The third-order valence-electron chi connectivity index (χ3n) is 1.47. The second kappa shape index (κ2) is 5.35. The number of rotatable bonds is 2. The summed E-state index contributed by atoms with van der Waals surface area (Å²) < 4.78 is 0. The zero-order valence-corrected chi connectivity index (χ0v) is 8.86. The molecular formula is C9H10N2O3S. The molecule has 5 nitrogen and oxygen atoms in total. The summed E-state index contributed by atoms with van der Waals surface area (Å²) in [6.07, 6.45) is 0.179. The number of nitrogens with zero attached hydrogens (tertiary/aromatic N) is 2. The molecule has 1 amide bonds. The minimum atomic E-state index is -1.30. The Morgan fingerprint density at radius 1 is 1.67 bits per heavy atom. The van der Waals surface area contributed by atoms with Gasteiger partial charge in [0.2, 0.25) is 0 Å². The number of hydrogen-bond acceptors (Lipinski definition) is 4. The Labute approximate surface area is 90.9 Å². The van der Waals surface area contributed by atoms with E-state index in [0.29, 0.717) is 5.75 Å². The van der Waals surface area contributed by atoms with Crippen LogP contribution in [-0.4, -0.2) is 32.1 Å². The van der Waals surface area contributed by atoms with Crippen LogP contribution in [0.2, 0.25) is 0 Å². The monoisotopic (exact) mass is 226 g/mol. The smallest absolute Gasteiger partial charge is 0.432 e. The molecule has 0 fully saturated rings. The van der Waals surface area contributed by atoms with Gasteiger partial charge in [0.15, 0.2) is 0 Å². The number of aromatic nitrogens is 1. The lowest BCUT2D eigenvalue weighted by molar-refractivity contribution is 0.206. The molecule has 0 radical (unpaired) electrons. The molecule has 0 unspecified atom stereocenters. The second-order valence-electron chi connectivity index (χ2n) is 2.50. The maximum Gasteiger partial charge on any atom is 0.432 e. The molecule has 0 aliphatic carbocycles. The molecule has 0 aromatic carbocycles. The van der Waals surface area contributed by atoms with Gasteiger partial charge in [-0.25, -0.2) is 4.79 Å². The van der Waals surface area contributed by atoms with Crippen LogP contribution in [-0.2, 0) is 0 Å².